The van der Waals surface area contributed by atoms with Gasteiger partial charge in [0.2, 0.25) is 5.25 Å². The second kappa shape index (κ2) is 9.07. The zero-order chi connectivity index (χ0) is 22.6. The van der Waals surface area contributed by atoms with Gasteiger partial charge in [0.1, 0.15) is 0 Å². The Morgan fingerprint density at radius 2 is 1.48 bits per heavy atom. The smallest absolute Gasteiger partial charge is 0.269 e. The number of nitrogens with one attached hydrogen (secondary N) is 1. The number of benzene rings is 3. The summed E-state index contributed by atoms with van der Waals surface area (Å²) in [5, 5.41) is 11.6. The molecule has 3 aromatic carbocycles. The van der Waals surface area contributed by atoms with Gasteiger partial charge in [-0.3, -0.25) is 19.7 Å². The van der Waals surface area contributed by atoms with Crippen molar-refractivity contribution in [2.24, 2.45) is 0 Å². The van der Waals surface area contributed by atoms with Crippen LogP contribution in [0.5, 0.6) is 0 Å². The molecule has 0 heterocycles. The molecule has 1 atom stereocenters. The Bertz CT molecular complexity index is 1230. The van der Waals surface area contributed by atoms with Crippen LogP contribution in [0.15, 0.2) is 83.8 Å². The standard InChI is InChI=1S/C21H15ClN2O6S/c22-15-8-10-16(11-9-15)23-21(26)20(31(29,30)18-4-2-1-3-5-18)19(25)14-6-12-17(13-7-14)24(27)28/h1-13,20H,(H,23,26). The molecule has 3 aromatic rings. The van der Waals surface area contributed by atoms with E-state index >= 15 is 0 Å². The van der Waals surface area contributed by atoms with Crippen LogP contribution >= 0.6 is 11.6 Å². The summed E-state index contributed by atoms with van der Waals surface area (Å²) in [4.78, 5) is 36.0. The lowest BCUT2D eigenvalue weighted by Crippen LogP contribution is -2.41. The molecule has 0 saturated carbocycles. The molecule has 0 saturated heterocycles. The van der Waals surface area contributed by atoms with E-state index in [0.717, 1.165) is 24.3 Å². The molecule has 0 aliphatic heterocycles. The predicted molar refractivity (Wildman–Crippen MR) is 115 cm³/mol. The largest absolute Gasteiger partial charge is 0.325 e. The van der Waals surface area contributed by atoms with Crippen LogP contribution in [-0.4, -0.2) is 30.3 Å². The number of ketones is 1. The summed E-state index contributed by atoms with van der Waals surface area (Å²) in [6.45, 7) is 0. The van der Waals surface area contributed by atoms with Gasteiger partial charge in [-0.05, 0) is 48.5 Å². The van der Waals surface area contributed by atoms with Gasteiger partial charge in [-0.25, -0.2) is 8.42 Å². The first kappa shape index (κ1) is 22.1. The van der Waals surface area contributed by atoms with E-state index in [2.05, 4.69) is 5.32 Å². The molecule has 0 aliphatic carbocycles. The lowest BCUT2D eigenvalue weighted by molar-refractivity contribution is -0.384. The monoisotopic (exact) mass is 458 g/mol. The zero-order valence-corrected chi connectivity index (χ0v) is 17.3. The highest BCUT2D eigenvalue weighted by Gasteiger charge is 2.41. The number of sulfone groups is 1. The van der Waals surface area contributed by atoms with Crippen LogP contribution in [0.1, 0.15) is 10.4 Å². The topological polar surface area (TPSA) is 123 Å². The number of carbonyl (C=O) groups is 2. The van der Waals surface area contributed by atoms with Crippen LogP contribution in [0.2, 0.25) is 5.02 Å². The van der Waals surface area contributed by atoms with Gasteiger partial charge in [0.25, 0.3) is 11.6 Å². The summed E-state index contributed by atoms with van der Waals surface area (Å²) in [6, 6.07) is 17.4. The van der Waals surface area contributed by atoms with Crippen LogP contribution in [0.3, 0.4) is 0 Å². The van der Waals surface area contributed by atoms with E-state index in [1.807, 2.05) is 0 Å². The van der Waals surface area contributed by atoms with Gasteiger partial charge >= 0.3 is 0 Å². The number of carbonyl (C=O) groups excluding carboxylic acids is 2. The fraction of sp³-hybridized carbons (Fsp3) is 0.0476. The van der Waals surface area contributed by atoms with Gasteiger partial charge in [-0.2, -0.15) is 0 Å². The average molecular weight is 459 g/mol. The van der Waals surface area contributed by atoms with Gasteiger partial charge in [0.15, 0.2) is 15.6 Å². The van der Waals surface area contributed by atoms with E-state index in [-0.39, 0.29) is 21.8 Å². The van der Waals surface area contributed by atoms with E-state index in [1.54, 1.807) is 6.07 Å². The molecular weight excluding hydrogens is 444 g/mol. The molecule has 1 N–H and O–H groups in total. The zero-order valence-electron chi connectivity index (χ0n) is 15.8. The fourth-order valence-corrected chi connectivity index (χ4v) is 4.48. The molecule has 0 aliphatic rings. The maximum absolute atomic E-state index is 13.2. The number of nitrogens with zero attached hydrogens (tertiary/aromatic N) is 1. The average Bonchev–Trinajstić information content (AvgIpc) is 2.76. The van der Waals surface area contributed by atoms with Gasteiger partial charge < -0.3 is 5.32 Å². The number of anilines is 1. The summed E-state index contributed by atoms with van der Waals surface area (Å²) in [5.41, 5.74) is -0.176. The van der Waals surface area contributed by atoms with E-state index in [4.69, 9.17) is 11.6 Å². The number of Topliss-reactive ketones (excluding diaryl/α,β-unsaturated/α-hetero) is 1. The number of amides is 1. The third kappa shape index (κ3) is 4.96. The van der Waals surface area contributed by atoms with Crippen molar-refractivity contribution < 1.29 is 22.9 Å². The number of nitro groups is 1. The van der Waals surface area contributed by atoms with Crippen molar-refractivity contribution in [3.05, 3.63) is 99.6 Å². The second-order valence-electron chi connectivity index (χ2n) is 6.40. The third-order valence-corrected chi connectivity index (χ3v) is 6.56. The van der Waals surface area contributed by atoms with Crippen molar-refractivity contribution in [2.45, 2.75) is 10.1 Å². The molecule has 10 heteroatoms. The van der Waals surface area contributed by atoms with Crippen LogP contribution in [0.25, 0.3) is 0 Å². The highest BCUT2D eigenvalue weighted by molar-refractivity contribution is 7.93. The minimum Gasteiger partial charge on any atom is -0.325 e. The first-order valence-corrected chi connectivity index (χ1v) is 10.8. The first-order chi connectivity index (χ1) is 14.7. The summed E-state index contributed by atoms with van der Waals surface area (Å²) < 4.78 is 26.4. The number of halogens is 1. The van der Waals surface area contributed by atoms with Crippen molar-refractivity contribution in [1.29, 1.82) is 0 Å². The Morgan fingerprint density at radius 1 is 0.903 bits per heavy atom. The predicted octanol–water partition coefficient (Wildman–Crippen LogP) is 3.91. The summed E-state index contributed by atoms with van der Waals surface area (Å²) in [7, 11) is -4.42. The molecule has 3 rings (SSSR count). The van der Waals surface area contributed by atoms with E-state index in [1.165, 1.54) is 48.5 Å². The van der Waals surface area contributed by atoms with Crippen molar-refractivity contribution in [1.82, 2.24) is 0 Å². The molecule has 0 aromatic heterocycles. The van der Waals surface area contributed by atoms with E-state index in [0.29, 0.717) is 5.02 Å². The molecular formula is C21H15ClN2O6S. The molecule has 0 fully saturated rings. The highest BCUT2D eigenvalue weighted by Crippen LogP contribution is 2.23. The van der Waals surface area contributed by atoms with Crippen LogP contribution in [-0.2, 0) is 14.6 Å². The van der Waals surface area contributed by atoms with Crippen molar-refractivity contribution >= 4 is 44.5 Å². The molecule has 0 spiro atoms. The van der Waals surface area contributed by atoms with E-state index < -0.39 is 31.7 Å². The molecule has 1 unspecified atom stereocenters. The number of rotatable bonds is 7. The molecule has 0 radical (unpaired) electrons. The number of nitro benzene ring substituents is 1. The number of non-ortho nitro benzene ring substituents is 1. The van der Waals surface area contributed by atoms with Gasteiger partial charge in [0, 0.05) is 28.4 Å². The van der Waals surface area contributed by atoms with Crippen LogP contribution in [0.4, 0.5) is 11.4 Å². The quantitative estimate of drug-likeness (QED) is 0.248. The van der Waals surface area contributed by atoms with Gasteiger partial charge in [-0.15, -0.1) is 0 Å². The van der Waals surface area contributed by atoms with Gasteiger partial charge in [-0.1, -0.05) is 29.8 Å². The van der Waals surface area contributed by atoms with Crippen LogP contribution < -0.4 is 5.32 Å². The summed E-state index contributed by atoms with van der Waals surface area (Å²) in [6.07, 6.45) is 0. The second-order valence-corrected chi connectivity index (χ2v) is 8.87. The lowest BCUT2D eigenvalue weighted by Gasteiger charge is -2.17. The normalized spacial score (nSPS) is 12.0. The Morgan fingerprint density at radius 3 is 2.03 bits per heavy atom. The minimum absolute atomic E-state index is 0.152. The third-order valence-electron chi connectivity index (χ3n) is 4.33. The van der Waals surface area contributed by atoms with Crippen molar-refractivity contribution in [3.63, 3.8) is 0 Å². The minimum atomic E-state index is -4.42. The fourth-order valence-electron chi connectivity index (χ4n) is 2.79. The summed E-state index contributed by atoms with van der Waals surface area (Å²) in [5.74, 6) is -2.07. The molecule has 8 nitrogen and oxygen atoms in total. The Labute approximate surface area is 182 Å². The maximum atomic E-state index is 13.2. The lowest BCUT2D eigenvalue weighted by atomic mass is 10.1. The summed E-state index contributed by atoms with van der Waals surface area (Å²) >= 11 is 5.82. The molecule has 31 heavy (non-hydrogen) atoms. The van der Waals surface area contributed by atoms with Crippen molar-refractivity contribution in [2.75, 3.05) is 5.32 Å². The van der Waals surface area contributed by atoms with E-state index in [9.17, 15) is 28.1 Å². The Kier molecular flexibility index (Phi) is 6.47. The van der Waals surface area contributed by atoms with Crippen LogP contribution in [0, 0.1) is 10.1 Å². The molecule has 1 amide bonds. The number of hydrogen-bond donors (Lipinski definition) is 1. The molecule has 0 bridgehead atoms. The Balaban J connectivity index is 2.03. The van der Waals surface area contributed by atoms with Gasteiger partial charge in [0.05, 0.1) is 9.82 Å². The first-order valence-electron chi connectivity index (χ1n) is 8.84. The highest BCUT2D eigenvalue weighted by atomic mass is 35.5. The molecule has 158 valence electrons. The maximum Gasteiger partial charge on any atom is 0.269 e. The number of hydrogen-bond acceptors (Lipinski definition) is 6. The SMILES string of the molecule is O=C(Nc1ccc(Cl)cc1)C(C(=O)c1ccc([N+](=O)[O-])cc1)S(=O)(=O)c1ccccc1. The van der Waals surface area contributed by atoms with Crippen molar-refractivity contribution in [3.8, 4) is 0 Å². The Hall–Kier alpha value is -3.56.